The molecule has 1 aliphatic rings. The zero-order valence-electron chi connectivity index (χ0n) is 11.1. The second-order valence-corrected chi connectivity index (χ2v) is 5.47. The van der Waals surface area contributed by atoms with E-state index in [-0.39, 0.29) is 5.91 Å². The zero-order valence-corrected chi connectivity index (χ0v) is 11.9. The molecule has 6 heteroatoms. The van der Waals surface area contributed by atoms with Crippen molar-refractivity contribution >= 4 is 28.4 Å². The van der Waals surface area contributed by atoms with Crippen molar-refractivity contribution < 1.29 is 4.79 Å². The largest absolute Gasteiger partial charge is 0.302 e. The van der Waals surface area contributed by atoms with E-state index in [1.165, 1.54) is 0 Å². The number of benzene rings is 1. The molecule has 0 atom stereocenters. The summed E-state index contributed by atoms with van der Waals surface area (Å²) in [4.78, 5) is 19.0. The Labute approximate surface area is 121 Å². The van der Waals surface area contributed by atoms with Crippen LogP contribution in [0.1, 0.15) is 21.6 Å². The first-order chi connectivity index (χ1) is 9.60. The minimum Gasteiger partial charge on any atom is -0.302 e. The Balaban J connectivity index is 2.35. The SMILES string of the molecule is CN1CCc2nc3ccc(Cl)cc3c(C(=O)NN)c2C1. The van der Waals surface area contributed by atoms with Crippen LogP contribution < -0.4 is 11.3 Å². The molecule has 0 radical (unpaired) electrons. The molecule has 0 fully saturated rings. The first-order valence-corrected chi connectivity index (χ1v) is 6.78. The topological polar surface area (TPSA) is 71.2 Å². The maximum Gasteiger partial charge on any atom is 0.266 e. The van der Waals surface area contributed by atoms with Gasteiger partial charge in [0.2, 0.25) is 0 Å². The molecule has 0 saturated heterocycles. The van der Waals surface area contributed by atoms with Gasteiger partial charge in [-0.1, -0.05) is 11.6 Å². The first kappa shape index (κ1) is 13.3. The van der Waals surface area contributed by atoms with Gasteiger partial charge in [-0.25, -0.2) is 5.84 Å². The van der Waals surface area contributed by atoms with Crippen LogP contribution in [0.25, 0.3) is 10.9 Å². The molecule has 0 saturated carbocycles. The van der Waals surface area contributed by atoms with E-state index in [9.17, 15) is 4.79 Å². The molecular weight excluding hydrogens is 276 g/mol. The number of nitrogen functional groups attached to an aromatic ring is 1. The number of pyridine rings is 1. The quantitative estimate of drug-likeness (QED) is 0.474. The van der Waals surface area contributed by atoms with Crippen molar-refractivity contribution in [2.24, 2.45) is 5.84 Å². The van der Waals surface area contributed by atoms with Gasteiger partial charge >= 0.3 is 0 Å². The van der Waals surface area contributed by atoms with Crippen LogP contribution in [0.2, 0.25) is 5.02 Å². The highest BCUT2D eigenvalue weighted by molar-refractivity contribution is 6.31. The lowest BCUT2D eigenvalue weighted by molar-refractivity contribution is 0.0953. The lowest BCUT2D eigenvalue weighted by atomic mass is 9.95. The van der Waals surface area contributed by atoms with Crippen LogP contribution in [-0.2, 0) is 13.0 Å². The predicted molar refractivity (Wildman–Crippen MR) is 78.4 cm³/mol. The van der Waals surface area contributed by atoms with E-state index in [0.29, 0.717) is 17.1 Å². The van der Waals surface area contributed by atoms with Gasteiger partial charge in [0.05, 0.1) is 11.1 Å². The Hall–Kier alpha value is -1.69. The van der Waals surface area contributed by atoms with Crippen LogP contribution in [0.3, 0.4) is 0 Å². The smallest absolute Gasteiger partial charge is 0.266 e. The molecule has 1 aromatic heterocycles. The summed E-state index contributed by atoms with van der Waals surface area (Å²) in [5.41, 5.74) is 5.50. The first-order valence-electron chi connectivity index (χ1n) is 6.40. The molecule has 0 unspecified atom stereocenters. The molecule has 20 heavy (non-hydrogen) atoms. The maximum atomic E-state index is 12.2. The van der Waals surface area contributed by atoms with Gasteiger partial charge < -0.3 is 4.90 Å². The van der Waals surface area contributed by atoms with Crippen molar-refractivity contribution in [2.75, 3.05) is 13.6 Å². The molecule has 1 aromatic carbocycles. The number of nitrogens with two attached hydrogens (primary N) is 1. The highest BCUT2D eigenvalue weighted by Crippen LogP contribution is 2.29. The Morgan fingerprint density at radius 1 is 1.50 bits per heavy atom. The number of carbonyl (C=O) groups excluding carboxylic acids is 1. The lowest BCUT2D eigenvalue weighted by Crippen LogP contribution is -2.34. The Morgan fingerprint density at radius 3 is 3.05 bits per heavy atom. The van der Waals surface area contributed by atoms with E-state index in [0.717, 1.165) is 35.1 Å². The van der Waals surface area contributed by atoms with Crippen LogP contribution in [0.5, 0.6) is 0 Å². The third-order valence-corrected chi connectivity index (χ3v) is 3.89. The highest BCUT2D eigenvalue weighted by Gasteiger charge is 2.24. The summed E-state index contributed by atoms with van der Waals surface area (Å²) in [5.74, 6) is 5.03. The highest BCUT2D eigenvalue weighted by atomic mass is 35.5. The van der Waals surface area contributed by atoms with Gasteiger partial charge in [-0.05, 0) is 25.2 Å². The second-order valence-electron chi connectivity index (χ2n) is 5.03. The molecule has 2 aromatic rings. The molecule has 1 amide bonds. The number of aromatic nitrogens is 1. The van der Waals surface area contributed by atoms with Crippen LogP contribution in [0, 0.1) is 0 Å². The van der Waals surface area contributed by atoms with Crippen molar-refractivity contribution in [3.63, 3.8) is 0 Å². The minimum absolute atomic E-state index is 0.300. The zero-order chi connectivity index (χ0) is 14.3. The van der Waals surface area contributed by atoms with Crippen molar-refractivity contribution in [2.45, 2.75) is 13.0 Å². The van der Waals surface area contributed by atoms with Gasteiger partial charge in [0, 0.05) is 41.2 Å². The maximum absolute atomic E-state index is 12.2. The fraction of sp³-hybridized carbons (Fsp3) is 0.286. The molecule has 2 heterocycles. The molecule has 3 rings (SSSR count). The van der Waals surface area contributed by atoms with Crippen LogP contribution in [-0.4, -0.2) is 29.4 Å². The molecule has 0 bridgehead atoms. The number of rotatable bonds is 1. The molecule has 3 N–H and O–H groups in total. The summed E-state index contributed by atoms with van der Waals surface area (Å²) in [6.45, 7) is 1.62. The van der Waals surface area contributed by atoms with Gasteiger partial charge in [-0.3, -0.25) is 15.2 Å². The van der Waals surface area contributed by atoms with Gasteiger partial charge in [-0.15, -0.1) is 0 Å². The summed E-state index contributed by atoms with van der Waals surface area (Å²) in [6, 6.07) is 5.38. The third-order valence-electron chi connectivity index (χ3n) is 3.65. The fourth-order valence-corrected chi connectivity index (χ4v) is 2.85. The molecule has 0 aliphatic carbocycles. The number of hydrogen-bond donors (Lipinski definition) is 2. The van der Waals surface area contributed by atoms with Crippen molar-refractivity contribution in [3.05, 3.63) is 40.0 Å². The fourth-order valence-electron chi connectivity index (χ4n) is 2.68. The summed E-state index contributed by atoms with van der Waals surface area (Å²) in [5, 5.41) is 1.32. The number of likely N-dealkylation sites (N-methyl/N-ethyl adjacent to an activating group) is 1. The summed E-state index contributed by atoms with van der Waals surface area (Å²) in [6.07, 6.45) is 0.829. The Morgan fingerprint density at radius 2 is 2.30 bits per heavy atom. The van der Waals surface area contributed by atoms with Gasteiger partial charge in [0.1, 0.15) is 0 Å². The third kappa shape index (κ3) is 2.14. The number of hydrogen-bond acceptors (Lipinski definition) is 4. The van der Waals surface area contributed by atoms with E-state index < -0.39 is 0 Å². The van der Waals surface area contributed by atoms with Crippen LogP contribution >= 0.6 is 11.6 Å². The molecule has 5 nitrogen and oxygen atoms in total. The Bertz CT molecular complexity index is 701. The van der Waals surface area contributed by atoms with Crippen molar-refractivity contribution in [1.29, 1.82) is 0 Å². The van der Waals surface area contributed by atoms with Crippen LogP contribution in [0.15, 0.2) is 18.2 Å². The predicted octanol–water partition coefficient (Wildman–Crippen LogP) is 1.48. The number of carbonyl (C=O) groups is 1. The van der Waals surface area contributed by atoms with Crippen molar-refractivity contribution in [1.82, 2.24) is 15.3 Å². The van der Waals surface area contributed by atoms with E-state index in [1.54, 1.807) is 12.1 Å². The van der Waals surface area contributed by atoms with Crippen molar-refractivity contribution in [3.8, 4) is 0 Å². The standard InChI is InChI=1S/C14H15ClN4O/c1-19-5-4-12-10(7-19)13(14(20)18-16)9-6-8(15)2-3-11(9)17-12/h2-3,6H,4-5,7,16H2,1H3,(H,18,20). The number of amides is 1. The minimum atomic E-state index is -0.300. The number of nitrogens with zero attached hydrogens (tertiary/aromatic N) is 2. The molecule has 1 aliphatic heterocycles. The van der Waals surface area contributed by atoms with E-state index >= 15 is 0 Å². The van der Waals surface area contributed by atoms with Gasteiger partial charge in [0.25, 0.3) is 5.91 Å². The number of halogens is 1. The number of nitrogens with one attached hydrogen (secondary N) is 1. The van der Waals surface area contributed by atoms with E-state index in [1.807, 2.05) is 13.1 Å². The van der Waals surface area contributed by atoms with Gasteiger partial charge in [-0.2, -0.15) is 0 Å². The van der Waals surface area contributed by atoms with Crippen LogP contribution in [0.4, 0.5) is 0 Å². The average Bonchev–Trinajstić information content (AvgIpc) is 2.44. The summed E-state index contributed by atoms with van der Waals surface area (Å²) < 4.78 is 0. The Kier molecular flexibility index (Phi) is 3.33. The monoisotopic (exact) mass is 290 g/mol. The average molecular weight is 291 g/mol. The summed E-state index contributed by atoms with van der Waals surface area (Å²) in [7, 11) is 2.02. The van der Waals surface area contributed by atoms with Gasteiger partial charge in [0.15, 0.2) is 0 Å². The number of fused-ring (bicyclic) bond motifs is 2. The molecule has 104 valence electrons. The van der Waals surface area contributed by atoms with E-state index in [2.05, 4.69) is 15.3 Å². The summed E-state index contributed by atoms with van der Waals surface area (Å²) >= 11 is 6.05. The number of hydrazine groups is 1. The lowest BCUT2D eigenvalue weighted by Gasteiger charge is -2.26. The van der Waals surface area contributed by atoms with E-state index in [4.69, 9.17) is 17.4 Å². The second kappa shape index (κ2) is 5.01. The normalized spacial score (nSPS) is 15.2. The molecule has 0 spiro atoms. The molecular formula is C14H15ClN4O.